The number of hydrogen-bond acceptors (Lipinski definition) is 2. The Labute approximate surface area is 101 Å². The molecule has 70 valence electrons. The molecule has 0 aromatic heterocycles. The molecule has 0 saturated carbocycles. The van der Waals surface area contributed by atoms with Crippen molar-refractivity contribution in [3.8, 4) is 0 Å². The molecule has 1 amide bonds. The number of amides is 1. The fraction of sp³-hybridized carbons (Fsp3) is 0.857. The number of halogens is 2. The van der Waals surface area contributed by atoms with Crippen LogP contribution in [0, 0.1) is 5.92 Å². The predicted octanol–water partition coefficient (Wildman–Crippen LogP) is 1.90. The van der Waals surface area contributed by atoms with Crippen LogP contribution in [0.5, 0.6) is 0 Å². The first-order valence-electron chi connectivity index (χ1n) is 4.05. The second-order valence-corrected chi connectivity index (χ2v) is 6.80. The van der Waals surface area contributed by atoms with E-state index in [1.807, 2.05) is 45.7 Å². The van der Waals surface area contributed by atoms with Crippen molar-refractivity contribution >= 4 is 51.6 Å². The summed E-state index contributed by atoms with van der Waals surface area (Å²) in [6, 6.07) is 0. The van der Waals surface area contributed by atoms with E-state index >= 15 is 0 Å². The van der Waals surface area contributed by atoms with E-state index in [0.29, 0.717) is 12.3 Å². The molecule has 5 heteroatoms. The van der Waals surface area contributed by atoms with Crippen LogP contribution in [0.3, 0.4) is 0 Å². The molecule has 0 atom stereocenters. The van der Waals surface area contributed by atoms with Crippen LogP contribution in [-0.2, 0) is 4.79 Å². The maximum absolute atomic E-state index is 11.3. The third kappa shape index (κ3) is 3.73. The van der Waals surface area contributed by atoms with E-state index < -0.39 is 0 Å². The third-order valence-electron chi connectivity index (χ3n) is 2.11. The van der Waals surface area contributed by atoms with Gasteiger partial charge in [-0.2, -0.15) is 0 Å². The molecule has 3 nitrogen and oxygen atoms in total. The Kier molecular flexibility index (Phi) is 5.10. The quantitative estimate of drug-likeness (QED) is 0.574. The molecule has 0 radical (unpaired) electrons. The highest BCUT2D eigenvalue weighted by atomic mass is 127. The van der Waals surface area contributed by atoms with Gasteiger partial charge in [-0.05, 0) is 31.8 Å². The fourth-order valence-corrected chi connectivity index (χ4v) is 1.80. The van der Waals surface area contributed by atoms with Crippen LogP contribution in [0.1, 0.15) is 19.3 Å². The first-order valence-corrected chi connectivity index (χ1v) is 5.98. The molecule has 1 rings (SSSR count). The smallest absolute Gasteiger partial charge is 0.240 e. The SMILES string of the molecule is O=C(CC1CCNCC1)N(I)I. The van der Waals surface area contributed by atoms with Gasteiger partial charge in [0.2, 0.25) is 5.91 Å². The minimum Gasteiger partial charge on any atom is -0.317 e. The summed E-state index contributed by atoms with van der Waals surface area (Å²) in [7, 11) is 0. The number of nitrogens with zero attached hydrogens (tertiary/aromatic N) is 1. The van der Waals surface area contributed by atoms with E-state index in [1.165, 1.54) is 0 Å². The van der Waals surface area contributed by atoms with Crippen LogP contribution in [0.15, 0.2) is 0 Å². The molecular weight excluding hydrogens is 382 g/mol. The van der Waals surface area contributed by atoms with Crippen LogP contribution in [0.2, 0.25) is 0 Å². The van der Waals surface area contributed by atoms with Gasteiger partial charge in [0.15, 0.2) is 0 Å². The van der Waals surface area contributed by atoms with Crippen molar-refractivity contribution in [3.05, 3.63) is 0 Å². The normalized spacial score (nSPS) is 19.2. The molecule has 0 aliphatic carbocycles. The summed E-state index contributed by atoms with van der Waals surface area (Å²) in [5.74, 6) is 0.842. The van der Waals surface area contributed by atoms with Gasteiger partial charge in [0, 0.05) is 6.42 Å². The molecule has 1 aliphatic rings. The van der Waals surface area contributed by atoms with E-state index in [9.17, 15) is 4.79 Å². The van der Waals surface area contributed by atoms with Crippen molar-refractivity contribution in [1.82, 2.24) is 6.64 Å². The molecule has 0 aromatic carbocycles. The highest BCUT2D eigenvalue weighted by Crippen LogP contribution is 2.20. The molecule has 0 bridgehead atoms. The molecule has 1 fully saturated rings. The minimum absolute atomic E-state index is 0.239. The van der Waals surface area contributed by atoms with E-state index in [2.05, 4.69) is 5.32 Å². The van der Waals surface area contributed by atoms with Crippen LogP contribution < -0.4 is 5.32 Å². The lowest BCUT2D eigenvalue weighted by Gasteiger charge is -2.22. The number of hydrogen-bond donors (Lipinski definition) is 1. The number of rotatable bonds is 2. The molecule has 12 heavy (non-hydrogen) atoms. The lowest BCUT2D eigenvalue weighted by molar-refractivity contribution is -0.122. The van der Waals surface area contributed by atoms with Crippen molar-refractivity contribution in [2.45, 2.75) is 19.3 Å². The lowest BCUT2D eigenvalue weighted by atomic mass is 9.95. The fourth-order valence-electron chi connectivity index (χ4n) is 1.40. The summed E-state index contributed by atoms with van der Waals surface area (Å²) in [4.78, 5) is 11.3. The highest BCUT2D eigenvalue weighted by Gasteiger charge is 2.18. The van der Waals surface area contributed by atoms with E-state index in [1.54, 1.807) is 1.33 Å². The van der Waals surface area contributed by atoms with E-state index in [-0.39, 0.29) is 5.91 Å². The zero-order valence-electron chi connectivity index (χ0n) is 6.72. The molecular formula is C7H12I2N2O. The summed E-state index contributed by atoms with van der Waals surface area (Å²) in [6.45, 7) is 2.14. The molecule has 0 unspecified atom stereocenters. The van der Waals surface area contributed by atoms with Crippen LogP contribution in [0.4, 0.5) is 0 Å². The Morgan fingerprint density at radius 2 is 2.00 bits per heavy atom. The zero-order valence-corrected chi connectivity index (χ0v) is 11.0. The van der Waals surface area contributed by atoms with Gasteiger partial charge >= 0.3 is 0 Å². The average Bonchev–Trinajstić information content (AvgIpc) is 2.06. The van der Waals surface area contributed by atoms with Crippen molar-refractivity contribution in [2.75, 3.05) is 13.1 Å². The van der Waals surface area contributed by atoms with Crippen LogP contribution >= 0.6 is 45.7 Å². The second-order valence-electron chi connectivity index (χ2n) is 3.02. The van der Waals surface area contributed by atoms with Crippen molar-refractivity contribution in [2.24, 2.45) is 5.92 Å². The maximum Gasteiger partial charge on any atom is 0.240 e. The lowest BCUT2D eigenvalue weighted by Crippen LogP contribution is -2.29. The van der Waals surface area contributed by atoms with Crippen molar-refractivity contribution in [1.29, 1.82) is 0 Å². The molecule has 1 aliphatic heterocycles. The van der Waals surface area contributed by atoms with Gasteiger partial charge in [-0.3, -0.25) is 4.79 Å². The van der Waals surface area contributed by atoms with Crippen molar-refractivity contribution < 1.29 is 4.79 Å². The van der Waals surface area contributed by atoms with Gasteiger partial charge in [-0.25, -0.2) is 1.33 Å². The Bertz CT molecular complexity index is 157. The van der Waals surface area contributed by atoms with Gasteiger partial charge in [-0.15, -0.1) is 0 Å². The molecule has 1 saturated heterocycles. The second kappa shape index (κ2) is 5.58. The number of piperidine rings is 1. The number of carbonyl (C=O) groups is 1. The molecule has 0 aromatic rings. The Morgan fingerprint density at radius 3 is 2.50 bits per heavy atom. The molecule has 1 N–H and O–H groups in total. The standard InChI is InChI=1S/C7H12I2N2O/c8-11(9)7(12)5-6-1-3-10-4-2-6/h6,10H,1-5H2. The zero-order chi connectivity index (χ0) is 8.97. The largest absolute Gasteiger partial charge is 0.317 e. The summed E-state index contributed by atoms with van der Waals surface area (Å²) in [5.41, 5.74) is 0. The van der Waals surface area contributed by atoms with Crippen LogP contribution in [-0.4, -0.2) is 20.3 Å². The van der Waals surface area contributed by atoms with Gasteiger partial charge in [0.1, 0.15) is 0 Å². The topological polar surface area (TPSA) is 32.3 Å². The van der Waals surface area contributed by atoms with Gasteiger partial charge in [0.05, 0.1) is 45.7 Å². The Balaban J connectivity index is 2.24. The van der Waals surface area contributed by atoms with Gasteiger partial charge in [0.25, 0.3) is 0 Å². The molecule has 1 heterocycles. The van der Waals surface area contributed by atoms with E-state index in [4.69, 9.17) is 0 Å². The monoisotopic (exact) mass is 394 g/mol. The average molecular weight is 394 g/mol. The Hall–Kier alpha value is 0.890. The van der Waals surface area contributed by atoms with Crippen LogP contribution in [0.25, 0.3) is 0 Å². The minimum atomic E-state index is 0.239. The third-order valence-corrected chi connectivity index (χ3v) is 3.19. The predicted molar refractivity (Wildman–Crippen MR) is 65.1 cm³/mol. The summed E-state index contributed by atoms with van der Waals surface area (Å²) >= 11 is 4.04. The summed E-state index contributed by atoms with van der Waals surface area (Å²) in [6.07, 6.45) is 3.01. The van der Waals surface area contributed by atoms with Gasteiger partial charge in [-0.1, -0.05) is 0 Å². The van der Waals surface area contributed by atoms with Gasteiger partial charge < -0.3 is 5.32 Å². The highest BCUT2D eigenvalue weighted by molar-refractivity contribution is 14.2. The number of carbonyl (C=O) groups excluding carboxylic acids is 1. The first kappa shape index (κ1) is 11.0. The Morgan fingerprint density at radius 1 is 1.42 bits per heavy atom. The van der Waals surface area contributed by atoms with Crippen molar-refractivity contribution in [3.63, 3.8) is 0 Å². The van der Waals surface area contributed by atoms with E-state index in [0.717, 1.165) is 25.9 Å². The summed E-state index contributed by atoms with van der Waals surface area (Å²) in [5, 5.41) is 3.29. The first-order chi connectivity index (χ1) is 5.70. The summed E-state index contributed by atoms with van der Waals surface area (Å²) < 4.78 is 1.62. The molecule has 0 spiro atoms. The maximum atomic E-state index is 11.3. The number of nitrogens with one attached hydrogen (secondary N) is 1.